The Morgan fingerprint density at radius 3 is 2.48 bits per heavy atom. The van der Waals surface area contributed by atoms with E-state index in [1.165, 1.54) is 12.5 Å². The molecule has 1 N–H and O–H groups in total. The molecule has 3 heterocycles. The number of aryl methyl sites for hydroxylation is 1. The molecule has 4 aromatic rings. The molecule has 0 spiro atoms. The van der Waals surface area contributed by atoms with Gasteiger partial charge in [-0.05, 0) is 68.2 Å². The highest BCUT2D eigenvalue weighted by molar-refractivity contribution is 6.07. The van der Waals surface area contributed by atoms with E-state index in [0.717, 1.165) is 64.9 Å². The van der Waals surface area contributed by atoms with Gasteiger partial charge < -0.3 is 19.0 Å². The third-order valence-electron chi connectivity index (χ3n) is 6.88. The number of piperidine rings is 1. The molecule has 0 bridgehead atoms. The molecule has 0 saturated carbocycles. The third-order valence-corrected chi connectivity index (χ3v) is 6.88. The van der Waals surface area contributed by atoms with E-state index < -0.39 is 0 Å². The van der Waals surface area contributed by atoms with Gasteiger partial charge in [0.05, 0.1) is 6.04 Å². The zero-order chi connectivity index (χ0) is 22.5. The number of benzene rings is 3. The Balaban J connectivity index is 1.55. The van der Waals surface area contributed by atoms with E-state index in [0.29, 0.717) is 11.0 Å². The van der Waals surface area contributed by atoms with Crippen LogP contribution in [0.2, 0.25) is 0 Å². The highest BCUT2D eigenvalue weighted by Gasteiger charge is 2.29. The van der Waals surface area contributed by atoms with Gasteiger partial charge in [-0.3, -0.25) is 4.90 Å². The Hall–Kier alpha value is -3.51. The first-order valence-corrected chi connectivity index (χ1v) is 11.4. The Labute approximate surface area is 191 Å². The lowest BCUT2D eigenvalue weighted by Gasteiger charge is -2.35. The van der Waals surface area contributed by atoms with Crippen LogP contribution in [0.3, 0.4) is 0 Å². The van der Waals surface area contributed by atoms with Crippen LogP contribution in [-0.4, -0.2) is 29.9 Å². The molecule has 3 aromatic carbocycles. The zero-order valence-electron chi connectivity index (χ0n) is 18.5. The largest absolute Gasteiger partial charge is 0.507 e. The molecular weight excluding hydrogens is 418 g/mol. The number of likely N-dealkylation sites (tertiary alicyclic amines) is 1. The number of hydrogen-bond acceptors (Lipinski definition) is 6. The van der Waals surface area contributed by atoms with Crippen LogP contribution in [0.5, 0.6) is 17.2 Å². The first-order chi connectivity index (χ1) is 16.1. The van der Waals surface area contributed by atoms with Gasteiger partial charge >= 0.3 is 5.63 Å². The molecule has 1 atom stereocenters. The van der Waals surface area contributed by atoms with Crippen LogP contribution in [0.4, 0.5) is 0 Å². The fourth-order valence-corrected chi connectivity index (χ4v) is 5.25. The predicted octanol–water partition coefficient (Wildman–Crippen LogP) is 5.26. The lowest BCUT2D eigenvalue weighted by molar-refractivity contribution is 0.173. The number of fused-ring (bicyclic) bond motifs is 4. The van der Waals surface area contributed by atoms with Crippen molar-refractivity contribution in [2.75, 3.05) is 19.9 Å². The standard InChI is InChI=1S/C27H25NO5/c1-16-13-24(29)33-27-18(16)6-7-19-20(27)8-9-21(26(19)30)25(28-11-3-2-4-12-28)17-5-10-22-23(14-17)32-15-31-22/h5-10,13-14,25,30H,2-4,11-12,15H2,1H3/t25-/m0/s1. The van der Waals surface area contributed by atoms with E-state index in [-0.39, 0.29) is 24.2 Å². The number of phenolic OH excluding ortho intramolecular Hbond substituents is 1. The van der Waals surface area contributed by atoms with Crippen molar-refractivity contribution in [2.45, 2.75) is 32.2 Å². The van der Waals surface area contributed by atoms with Crippen molar-refractivity contribution in [1.29, 1.82) is 0 Å². The highest BCUT2D eigenvalue weighted by atomic mass is 16.7. The van der Waals surface area contributed by atoms with Gasteiger partial charge in [0, 0.05) is 27.8 Å². The monoisotopic (exact) mass is 443 g/mol. The van der Waals surface area contributed by atoms with Crippen LogP contribution in [-0.2, 0) is 0 Å². The summed E-state index contributed by atoms with van der Waals surface area (Å²) in [4.78, 5) is 14.5. The maximum atomic E-state index is 12.0. The van der Waals surface area contributed by atoms with Gasteiger partial charge in [-0.25, -0.2) is 4.79 Å². The van der Waals surface area contributed by atoms with Crippen molar-refractivity contribution in [3.05, 3.63) is 75.6 Å². The van der Waals surface area contributed by atoms with E-state index in [2.05, 4.69) is 11.0 Å². The maximum absolute atomic E-state index is 12.0. The second kappa shape index (κ2) is 7.81. The molecule has 2 aliphatic rings. The van der Waals surface area contributed by atoms with Gasteiger partial charge in [-0.2, -0.15) is 0 Å². The van der Waals surface area contributed by atoms with Gasteiger partial charge in [-0.15, -0.1) is 0 Å². The fraction of sp³-hybridized carbons (Fsp3) is 0.296. The van der Waals surface area contributed by atoms with Gasteiger partial charge in [0.25, 0.3) is 0 Å². The average Bonchev–Trinajstić information content (AvgIpc) is 3.29. The van der Waals surface area contributed by atoms with Crippen molar-refractivity contribution >= 4 is 21.7 Å². The summed E-state index contributed by atoms with van der Waals surface area (Å²) in [6.45, 7) is 4.04. The number of ether oxygens (including phenoxy) is 2. The molecule has 1 saturated heterocycles. The van der Waals surface area contributed by atoms with Crippen LogP contribution in [0.15, 0.2) is 57.7 Å². The zero-order valence-corrected chi connectivity index (χ0v) is 18.5. The Morgan fingerprint density at radius 1 is 0.879 bits per heavy atom. The second-order valence-corrected chi connectivity index (χ2v) is 8.90. The number of hydrogen-bond donors (Lipinski definition) is 1. The number of phenols is 1. The molecule has 6 heteroatoms. The molecule has 6 rings (SSSR count). The molecule has 33 heavy (non-hydrogen) atoms. The molecule has 0 amide bonds. The minimum atomic E-state index is -0.386. The van der Waals surface area contributed by atoms with E-state index in [1.807, 2.05) is 43.3 Å². The number of rotatable bonds is 3. The molecule has 0 aliphatic carbocycles. The van der Waals surface area contributed by atoms with Crippen LogP contribution in [0.25, 0.3) is 21.7 Å². The SMILES string of the molecule is Cc1cc(=O)oc2c1ccc1c(O)c([C@H](c3ccc4c(c3)OCO4)N3CCCCC3)ccc12. The van der Waals surface area contributed by atoms with Crippen molar-refractivity contribution < 1.29 is 19.0 Å². The number of aromatic hydroxyl groups is 1. The molecule has 6 nitrogen and oxygen atoms in total. The lowest BCUT2D eigenvalue weighted by atomic mass is 9.91. The summed E-state index contributed by atoms with van der Waals surface area (Å²) < 4.78 is 16.7. The molecule has 2 aliphatic heterocycles. The molecule has 0 unspecified atom stereocenters. The molecular formula is C27H25NO5. The van der Waals surface area contributed by atoms with Gasteiger partial charge in [-0.1, -0.05) is 24.6 Å². The van der Waals surface area contributed by atoms with Crippen LogP contribution in [0, 0.1) is 6.92 Å². The van der Waals surface area contributed by atoms with Crippen LogP contribution < -0.4 is 15.1 Å². The topological polar surface area (TPSA) is 72.1 Å². The van der Waals surface area contributed by atoms with Gasteiger partial charge in [0.15, 0.2) is 11.5 Å². The summed E-state index contributed by atoms with van der Waals surface area (Å²) in [5, 5.41) is 13.8. The quantitative estimate of drug-likeness (QED) is 0.344. The normalized spacial score (nSPS) is 17.0. The molecule has 0 radical (unpaired) electrons. The predicted molar refractivity (Wildman–Crippen MR) is 126 cm³/mol. The van der Waals surface area contributed by atoms with E-state index >= 15 is 0 Å². The van der Waals surface area contributed by atoms with E-state index in [4.69, 9.17) is 13.9 Å². The van der Waals surface area contributed by atoms with Crippen molar-refractivity contribution in [1.82, 2.24) is 4.90 Å². The Kier molecular flexibility index (Phi) is 4.76. The summed E-state index contributed by atoms with van der Waals surface area (Å²) in [6.07, 6.45) is 3.48. The van der Waals surface area contributed by atoms with Crippen molar-refractivity contribution in [3.63, 3.8) is 0 Å². The summed E-state index contributed by atoms with van der Waals surface area (Å²) >= 11 is 0. The summed E-state index contributed by atoms with van der Waals surface area (Å²) in [7, 11) is 0. The van der Waals surface area contributed by atoms with Gasteiger partial charge in [0.1, 0.15) is 11.3 Å². The van der Waals surface area contributed by atoms with Gasteiger partial charge in [0.2, 0.25) is 6.79 Å². The molecule has 168 valence electrons. The number of nitrogens with zero attached hydrogens (tertiary/aromatic N) is 1. The summed E-state index contributed by atoms with van der Waals surface area (Å²) in [5.41, 5.74) is 2.87. The smallest absolute Gasteiger partial charge is 0.336 e. The van der Waals surface area contributed by atoms with Crippen molar-refractivity contribution in [2.24, 2.45) is 0 Å². The second-order valence-electron chi connectivity index (χ2n) is 8.90. The lowest BCUT2D eigenvalue weighted by Crippen LogP contribution is -2.34. The van der Waals surface area contributed by atoms with Crippen LogP contribution >= 0.6 is 0 Å². The highest BCUT2D eigenvalue weighted by Crippen LogP contribution is 2.43. The molecule has 1 fully saturated rings. The minimum absolute atomic E-state index is 0.121. The maximum Gasteiger partial charge on any atom is 0.336 e. The summed E-state index contributed by atoms with van der Waals surface area (Å²) in [5.74, 6) is 1.69. The first kappa shape index (κ1) is 20.1. The average molecular weight is 443 g/mol. The Morgan fingerprint density at radius 2 is 1.64 bits per heavy atom. The third kappa shape index (κ3) is 3.33. The van der Waals surface area contributed by atoms with E-state index in [9.17, 15) is 9.90 Å². The minimum Gasteiger partial charge on any atom is -0.507 e. The van der Waals surface area contributed by atoms with E-state index in [1.54, 1.807) is 0 Å². The van der Waals surface area contributed by atoms with Crippen LogP contribution in [0.1, 0.15) is 42.0 Å². The van der Waals surface area contributed by atoms with Crippen molar-refractivity contribution in [3.8, 4) is 17.2 Å². The summed E-state index contributed by atoms with van der Waals surface area (Å²) in [6, 6.07) is 15.1. The first-order valence-electron chi connectivity index (χ1n) is 11.4. The Bertz CT molecular complexity index is 1430. The molecule has 1 aromatic heterocycles. The fourth-order valence-electron chi connectivity index (χ4n) is 5.25.